The molecule has 132 valence electrons. The van der Waals surface area contributed by atoms with Gasteiger partial charge in [-0.15, -0.1) is 0 Å². The lowest BCUT2D eigenvalue weighted by atomic mass is 9.78. The van der Waals surface area contributed by atoms with E-state index in [-0.39, 0.29) is 11.5 Å². The SMILES string of the molecule is Cn1cccc1C(=O)N1CC2(C1)OCCC2CCNc1ccccn1. The van der Waals surface area contributed by atoms with Crippen LogP contribution in [0.15, 0.2) is 42.7 Å². The summed E-state index contributed by atoms with van der Waals surface area (Å²) in [6, 6.07) is 9.65. The maximum absolute atomic E-state index is 12.6. The third kappa shape index (κ3) is 3.02. The van der Waals surface area contributed by atoms with E-state index in [4.69, 9.17) is 4.74 Å². The van der Waals surface area contributed by atoms with Gasteiger partial charge in [-0.2, -0.15) is 0 Å². The number of aromatic nitrogens is 2. The minimum Gasteiger partial charge on any atom is -0.371 e. The first-order valence-corrected chi connectivity index (χ1v) is 8.87. The lowest BCUT2D eigenvalue weighted by Gasteiger charge is -2.50. The predicted octanol–water partition coefficient (Wildman–Crippen LogP) is 2.15. The Kier molecular flexibility index (Phi) is 4.21. The summed E-state index contributed by atoms with van der Waals surface area (Å²) in [7, 11) is 1.90. The van der Waals surface area contributed by atoms with Crippen LogP contribution in [0.5, 0.6) is 0 Å². The van der Waals surface area contributed by atoms with Crippen molar-refractivity contribution in [3.63, 3.8) is 0 Å². The van der Waals surface area contributed by atoms with E-state index in [1.54, 1.807) is 6.20 Å². The smallest absolute Gasteiger partial charge is 0.270 e. The Morgan fingerprint density at radius 3 is 2.96 bits per heavy atom. The molecule has 2 aromatic rings. The molecule has 0 aliphatic carbocycles. The maximum atomic E-state index is 12.6. The van der Waals surface area contributed by atoms with Gasteiger partial charge >= 0.3 is 0 Å². The van der Waals surface area contributed by atoms with Crippen LogP contribution in [0.1, 0.15) is 23.3 Å². The van der Waals surface area contributed by atoms with Crippen LogP contribution in [0.2, 0.25) is 0 Å². The molecule has 25 heavy (non-hydrogen) atoms. The van der Waals surface area contributed by atoms with Gasteiger partial charge in [0.1, 0.15) is 17.1 Å². The van der Waals surface area contributed by atoms with E-state index in [2.05, 4.69) is 10.3 Å². The van der Waals surface area contributed by atoms with E-state index >= 15 is 0 Å². The molecule has 2 aromatic heterocycles. The summed E-state index contributed by atoms with van der Waals surface area (Å²) in [5.41, 5.74) is 0.591. The number of carbonyl (C=O) groups is 1. The molecule has 0 saturated carbocycles. The number of rotatable bonds is 5. The quantitative estimate of drug-likeness (QED) is 0.906. The molecule has 6 nitrogen and oxygen atoms in total. The van der Waals surface area contributed by atoms with Crippen molar-refractivity contribution in [3.8, 4) is 0 Å². The van der Waals surface area contributed by atoms with E-state index in [0.717, 1.165) is 37.5 Å². The minimum atomic E-state index is -0.146. The average molecular weight is 340 g/mol. The van der Waals surface area contributed by atoms with Gasteiger partial charge in [0, 0.05) is 32.6 Å². The summed E-state index contributed by atoms with van der Waals surface area (Å²) in [4.78, 5) is 18.8. The first kappa shape index (κ1) is 16.1. The molecule has 4 rings (SSSR count). The molecular weight excluding hydrogens is 316 g/mol. The number of aryl methyl sites for hydroxylation is 1. The topological polar surface area (TPSA) is 59.4 Å². The number of pyridine rings is 1. The number of nitrogens with zero attached hydrogens (tertiary/aromatic N) is 3. The summed E-state index contributed by atoms with van der Waals surface area (Å²) in [5, 5.41) is 3.37. The van der Waals surface area contributed by atoms with Crippen molar-refractivity contribution in [2.24, 2.45) is 13.0 Å². The summed E-state index contributed by atoms with van der Waals surface area (Å²) in [6.45, 7) is 3.06. The molecule has 2 aliphatic heterocycles. The summed E-state index contributed by atoms with van der Waals surface area (Å²) < 4.78 is 7.95. The monoisotopic (exact) mass is 340 g/mol. The predicted molar refractivity (Wildman–Crippen MR) is 95.5 cm³/mol. The Morgan fingerprint density at radius 2 is 2.24 bits per heavy atom. The number of carbonyl (C=O) groups excluding carboxylic acids is 1. The Bertz CT molecular complexity index is 737. The Balaban J connectivity index is 1.32. The second-order valence-electron chi connectivity index (χ2n) is 6.99. The van der Waals surface area contributed by atoms with Crippen molar-refractivity contribution < 1.29 is 9.53 Å². The summed E-state index contributed by atoms with van der Waals surface area (Å²) in [6.07, 6.45) is 5.79. The number of hydrogen-bond acceptors (Lipinski definition) is 4. The number of hydrogen-bond donors (Lipinski definition) is 1. The number of likely N-dealkylation sites (tertiary alicyclic amines) is 1. The van der Waals surface area contributed by atoms with Crippen LogP contribution in [0.3, 0.4) is 0 Å². The fourth-order valence-corrected chi connectivity index (χ4v) is 3.97. The average Bonchev–Trinajstić information content (AvgIpc) is 3.20. The van der Waals surface area contributed by atoms with Crippen LogP contribution in [-0.4, -0.2) is 52.2 Å². The van der Waals surface area contributed by atoms with Gasteiger partial charge in [0.05, 0.1) is 13.1 Å². The number of nitrogens with one attached hydrogen (secondary N) is 1. The molecule has 1 amide bonds. The molecule has 2 fully saturated rings. The fraction of sp³-hybridized carbons (Fsp3) is 0.474. The van der Waals surface area contributed by atoms with Crippen molar-refractivity contribution in [1.29, 1.82) is 0 Å². The molecular formula is C19H24N4O2. The van der Waals surface area contributed by atoms with Gasteiger partial charge < -0.3 is 19.5 Å². The molecule has 0 radical (unpaired) electrons. The zero-order valence-electron chi connectivity index (χ0n) is 14.5. The number of ether oxygens (including phenoxy) is 1. The first-order chi connectivity index (χ1) is 12.2. The van der Waals surface area contributed by atoms with Crippen LogP contribution in [-0.2, 0) is 11.8 Å². The third-order valence-electron chi connectivity index (χ3n) is 5.43. The molecule has 2 saturated heterocycles. The van der Waals surface area contributed by atoms with Gasteiger partial charge in [-0.05, 0) is 43.0 Å². The molecule has 1 spiro atoms. The van der Waals surface area contributed by atoms with Gasteiger partial charge in [-0.1, -0.05) is 6.07 Å². The van der Waals surface area contributed by atoms with E-state index in [1.807, 2.05) is 53.0 Å². The van der Waals surface area contributed by atoms with E-state index in [1.165, 1.54) is 0 Å². The molecule has 6 heteroatoms. The van der Waals surface area contributed by atoms with Crippen molar-refractivity contribution in [2.45, 2.75) is 18.4 Å². The van der Waals surface area contributed by atoms with Crippen LogP contribution in [0, 0.1) is 5.92 Å². The third-order valence-corrected chi connectivity index (χ3v) is 5.43. The standard InChI is InChI=1S/C19H24N4O2/c1-22-11-4-5-16(22)18(24)23-13-19(14-23)15(8-12-25-19)7-10-21-17-6-2-3-9-20-17/h2-6,9,11,15H,7-8,10,12-14H2,1H3,(H,20,21). The first-order valence-electron chi connectivity index (χ1n) is 8.87. The maximum Gasteiger partial charge on any atom is 0.270 e. The van der Waals surface area contributed by atoms with Crippen LogP contribution >= 0.6 is 0 Å². The van der Waals surface area contributed by atoms with Crippen LogP contribution in [0.4, 0.5) is 5.82 Å². The largest absolute Gasteiger partial charge is 0.371 e. The van der Waals surface area contributed by atoms with Gasteiger partial charge in [-0.3, -0.25) is 4.79 Å². The van der Waals surface area contributed by atoms with E-state index in [9.17, 15) is 4.79 Å². The highest BCUT2D eigenvalue weighted by Gasteiger charge is 2.54. The molecule has 1 unspecified atom stereocenters. The highest BCUT2D eigenvalue weighted by atomic mass is 16.5. The molecule has 0 bridgehead atoms. The van der Waals surface area contributed by atoms with Crippen LogP contribution < -0.4 is 5.32 Å². The molecule has 2 aliphatic rings. The van der Waals surface area contributed by atoms with Crippen molar-refractivity contribution in [2.75, 3.05) is 31.6 Å². The van der Waals surface area contributed by atoms with Crippen molar-refractivity contribution >= 4 is 11.7 Å². The second kappa shape index (κ2) is 6.52. The van der Waals surface area contributed by atoms with Gasteiger partial charge in [-0.25, -0.2) is 4.98 Å². The van der Waals surface area contributed by atoms with Gasteiger partial charge in [0.25, 0.3) is 5.91 Å². The Morgan fingerprint density at radius 1 is 1.36 bits per heavy atom. The molecule has 1 atom stereocenters. The second-order valence-corrected chi connectivity index (χ2v) is 6.99. The summed E-state index contributed by atoms with van der Waals surface area (Å²) in [5.74, 6) is 1.49. The number of amides is 1. The van der Waals surface area contributed by atoms with Gasteiger partial charge in [0.15, 0.2) is 0 Å². The lowest BCUT2D eigenvalue weighted by Crippen LogP contribution is -2.66. The Labute approximate surface area is 147 Å². The zero-order valence-corrected chi connectivity index (χ0v) is 14.5. The highest BCUT2D eigenvalue weighted by Crippen LogP contribution is 2.42. The van der Waals surface area contributed by atoms with Crippen molar-refractivity contribution in [3.05, 3.63) is 48.4 Å². The number of anilines is 1. The lowest BCUT2D eigenvalue weighted by molar-refractivity contribution is -0.117. The zero-order chi connectivity index (χ0) is 17.3. The fourth-order valence-electron chi connectivity index (χ4n) is 3.97. The van der Waals surface area contributed by atoms with Crippen molar-refractivity contribution in [1.82, 2.24) is 14.5 Å². The van der Waals surface area contributed by atoms with E-state index < -0.39 is 0 Å². The highest BCUT2D eigenvalue weighted by molar-refractivity contribution is 5.93. The van der Waals surface area contributed by atoms with Gasteiger partial charge in [0.2, 0.25) is 0 Å². The Hall–Kier alpha value is -2.34. The normalized spacial score (nSPS) is 21.3. The molecule has 1 N–H and O–H groups in total. The minimum absolute atomic E-state index is 0.0963. The summed E-state index contributed by atoms with van der Waals surface area (Å²) >= 11 is 0. The molecule has 4 heterocycles. The molecule has 0 aromatic carbocycles. The van der Waals surface area contributed by atoms with Crippen LogP contribution in [0.25, 0.3) is 0 Å². The van der Waals surface area contributed by atoms with E-state index in [0.29, 0.717) is 19.0 Å².